The maximum absolute atomic E-state index is 13.0. The summed E-state index contributed by atoms with van der Waals surface area (Å²) in [6.07, 6.45) is 0. The van der Waals surface area contributed by atoms with Crippen molar-refractivity contribution < 1.29 is 4.39 Å². The third kappa shape index (κ3) is 2.64. The number of rotatable bonds is 2. The van der Waals surface area contributed by atoms with E-state index in [4.69, 9.17) is 28.5 Å². The second-order valence-corrected chi connectivity index (χ2v) is 3.84. The summed E-state index contributed by atoms with van der Waals surface area (Å²) >= 11 is 11.3. The molecule has 2 rings (SSSR count). The Hall–Kier alpha value is -1.97. The predicted molar refractivity (Wildman–Crippen MR) is 64.2 cm³/mol. The highest BCUT2D eigenvalue weighted by Gasteiger charge is 2.09. The van der Waals surface area contributed by atoms with Crippen molar-refractivity contribution in [1.82, 2.24) is 15.2 Å². The van der Waals surface area contributed by atoms with Crippen molar-refractivity contribution in [3.05, 3.63) is 40.0 Å². The van der Waals surface area contributed by atoms with E-state index in [2.05, 4.69) is 20.5 Å². The fourth-order valence-corrected chi connectivity index (χ4v) is 1.47. The van der Waals surface area contributed by atoms with Gasteiger partial charge in [-0.2, -0.15) is 10.2 Å². The third-order valence-electron chi connectivity index (χ3n) is 1.97. The van der Waals surface area contributed by atoms with Crippen molar-refractivity contribution >= 4 is 34.7 Å². The smallest absolute Gasteiger partial charge is 0.245 e. The molecule has 1 N–H and O–H groups in total. The number of nitriles is 1. The molecule has 0 aliphatic carbocycles. The van der Waals surface area contributed by atoms with Gasteiger partial charge in [0.05, 0.1) is 11.3 Å². The molecule has 1 aromatic carbocycles. The Bertz CT molecular complexity index is 641. The number of nitrogens with one attached hydrogen (secondary N) is 1. The van der Waals surface area contributed by atoms with Gasteiger partial charge in [-0.1, -0.05) is 11.6 Å². The monoisotopic (exact) mass is 283 g/mol. The van der Waals surface area contributed by atoms with E-state index in [0.717, 1.165) is 6.07 Å². The Kier molecular flexibility index (Phi) is 3.55. The number of hydrogen-bond acceptors (Lipinski definition) is 5. The van der Waals surface area contributed by atoms with Crippen molar-refractivity contribution in [2.24, 2.45) is 0 Å². The molecule has 0 fully saturated rings. The maximum Gasteiger partial charge on any atom is 0.245 e. The Morgan fingerprint density at radius 3 is 2.78 bits per heavy atom. The van der Waals surface area contributed by atoms with Crippen LogP contribution in [0.2, 0.25) is 10.4 Å². The van der Waals surface area contributed by atoms with Gasteiger partial charge in [-0.15, -0.1) is 10.2 Å². The van der Waals surface area contributed by atoms with E-state index in [1.165, 1.54) is 12.1 Å². The molecule has 1 heterocycles. The number of hydrogen-bond donors (Lipinski definition) is 1. The normalized spacial score (nSPS) is 9.89. The number of nitrogens with zero attached hydrogens (tertiary/aromatic N) is 4. The summed E-state index contributed by atoms with van der Waals surface area (Å²) in [6.45, 7) is 0. The van der Waals surface area contributed by atoms with Crippen molar-refractivity contribution in [3.63, 3.8) is 0 Å². The molecular weight excluding hydrogens is 280 g/mol. The molecule has 0 atom stereocenters. The molecule has 0 spiro atoms. The van der Waals surface area contributed by atoms with Crippen LogP contribution < -0.4 is 5.32 Å². The van der Waals surface area contributed by atoms with Crippen LogP contribution in [-0.2, 0) is 0 Å². The Balaban J connectivity index is 2.40. The summed E-state index contributed by atoms with van der Waals surface area (Å²) in [6, 6.07) is 5.53. The molecule has 0 radical (unpaired) electrons. The lowest BCUT2D eigenvalue weighted by atomic mass is 10.2. The lowest BCUT2D eigenvalue weighted by Gasteiger charge is -2.07. The summed E-state index contributed by atoms with van der Waals surface area (Å²) in [5.41, 5.74) is 0.457. The highest BCUT2D eigenvalue weighted by Crippen LogP contribution is 2.24. The molecule has 0 amide bonds. The van der Waals surface area contributed by atoms with Gasteiger partial charge in [0.1, 0.15) is 11.9 Å². The van der Waals surface area contributed by atoms with E-state index in [0.29, 0.717) is 5.69 Å². The highest BCUT2D eigenvalue weighted by atomic mass is 35.5. The molecular formula is C10H4Cl2FN5. The summed E-state index contributed by atoms with van der Waals surface area (Å²) in [7, 11) is 0. The fourth-order valence-electron chi connectivity index (χ4n) is 1.22. The first-order valence-electron chi connectivity index (χ1n) is 4.62. The summed E-state index contributed by atoms with van der Waals surface area (Å²) < 4.78 is 13.0. The molecule has 0 aliphatic heterocycles. The number of anilines is 2. The van der Waals surface area contributed by atoms with Gasteiger partial charge in [-0.25, -0.2) is 4.39 Å². The van der Waals surface area contributed by atoms with E-state index in [1.54, 1.807) is 0 Å². The Morgan fingerprint density at radius 2 is 2.06 bits per heavy atom. The summed E-state index contributed by atoms with van der Waals surface area (Å²) in [5.74, 6) is -0.373. The van der Waals surface area contributed by atoms with Gasteiger partial charge in [0, 0.05) is 0 Å². The minimum atomic E-state index is -0.512. The van der Waals surface area contributed by atoms with Gasteiger partial charge in [-0.05, 0) is 29.8 Å². The third-order valence-corrected chi connectivity index (χ3v) is 2.39. The highest BCUT2D eigenvalue weighted by molar-refractivity contribution is 6.32. The van der Waals surface area contributed by atoms with E-state index in [9.17, 15) is 4.39 Å². The lowest BCUT2D eigenvalue weighted by molar-refractivity contribution is 0.627. The Labute approximate surface area is 111 Å². The minimum Gasteiger partial charge on any atom is -0.336 e. The van der Waals surface area contributed by atoms with Crippen LogP contribution in [0, 0.1) is 17.1 Å². The van der Waals surface area contributed by atoms with E-state index >= 15 is 0 Å². The van der Waals surface area contributed by atoms with Gasteiger partial charge in [-0.3, -0.25) is 0 Å². The first-order valence-corrected chi connectivity index (χ1v) is 5.38. The van der Waals surface area contributed by atoms with Crippen LogP contribution in [0.25, 0.3) is 0 Å². The molecule has 1 aromatic heterocycles. The van der Waals surface area contributed by atoms with Crippen LogP contribution in [0.4, 0.5) is 15.9 Å². The SMILES string of the molecule is N#Cc1cc(F)ccc1Nc1nc(Cl)nnc1Cl. The first kappa shape index (κ1) is 12.5. The van der Waals surface area contributed by atoms with Crippen molar-refractivity contribution in [2.45, 2.75) is 0 Å². The van der Waals surface area contributed by atoms with E-state index in [1.807, 2.05) is 6.07 Å². The average molecular weight is 284 g/mol. The molecule has 0 bridgehead atoms. The molecule has 8 heteroatoms. The van der Waals surface area contributed by atoms with Crippen LogP contribution in [0.1, 0.15) is 5.56 Å². The van der Waals surface area contributed by atoms with Crippen LogP contribution in [0.5, 0.6) is 0 Å². The quantitative estimate of drug-likeness (QED) is 0.917. The molecule has 5 nitrogen and oxygen atoms in total. The Morgan fingerprint density at radius 1 is 1.28 bits per heavy atom. The summed E-state index contributed by atoms with van der Waals surface area (Å²) in [5, 5.41) is 18.5. The van der Waals surface area contributed by atoms with Gasteiger partial charge in [0.2, 0.25) is 5.28 Å². The van der Waals surface area contributed by atoms with Crippen molar-refractivity contribution in [1.29, 1.82) is 5.26 Å². The van der Waals surface area contributed by atoms with Gasteiger partial charge < -0.3 is 5.32 Å². The number of halogens is 3. The zero-order valence-corrected chi connectivity index (χ0v) is 10.2. The average Bonchev–Trinajstić information content (AvgIpc) is 2.36. The van der Waals surface area contributed by atoms with E-state index in [-0.39, 0.29) is 21.8 Å². The second-order valence-electron chi connectivity index (χ2n) is 3.15. The van der Waals surface area contributed by atoms with E-state index < -0.39 is 5.82 Å². The minimum absolute atomic E-state index is 0.00684. The van der Waals surface area contributed by atoms with Crippen LogP contribution >= 0.6 is 23.2 Å². The van der Waals surface area contributed by atoms with Gasteiger partial charge >= 0.3 is 0 Å². The predicted octanol–water partition coefficient (Wildman–Crippen LogP) is 2.93. The summed E-state index contributed by atoms with van der Waals surface area (Å²) in [4.78, 5) is 3.81. The topological polar surface area (TPSA) is 74.5 Å². The molecule has 0 saturated carbocycles. The number of benzene rings is 1. The van der Waals surface area contributed by atoms with Gasteiger partial charge in [0.25, 0.3) is 0 Å². The maximum atomic E-state index is 13.0. The van der Waals surface area contributed by atoms with Crippen LogP contribution in [-0.4, -0.2) is 15.2 Å². The first-order chi connectivity index (χ1) is 8.60. The molecule has 0 aliphatic rings. The second kappa shape index (κ2) is 5.12. The zero-order valence-electron chi connectivity index (χ0n) is 8.65. The van der Waals surface area contributed by atoms with Gasteiger partial charge in [0.15, 0.2) is 11.0 Å². The largest absolute Gasteiger partial charge is 0.336 e. The fraction of sp³-hybridized carbons (Fsp3) is 0. The molecule has 18 heavy (non-hydrogen) atoms. The standard InChI is InChI=1S/C10H4Cl2FN5/c11-8-9(16-10(12)18-17-8)15-7-2-1-6(13)3-5(7)4-14/h1-3H,(H,15,16,18). The molecule has 90 valence electrons. The zero-order chi connectivity index (χ0) is 13.1. The van der Waals surface area contributed by atoms with Crippen molar-refractivity contribution in [2.75, 3.05) is 5.32 Å². The lowest BCUT2D eigenvalue weighted by Crippen LogP contribution is -2.00. The van der Waals surface area contributed by atoms with Crippen LogP contribution in [0.15, 0.2) is 18.2 Å². The number of aromatic nitrogens is 3. The molecule has 0 saturated heterocycles. The van der Waals surface area contributed by atoms with Crippen LogP contribution in [0.3, 0.4) is 0 Å². The van der Waals surface area contributed by atoms with Crippen molar-refractivity contribution in [3.8, 4) is 6.07 Å². The molecule has 2 aromatic rings. The molecule has 0 unspecified atom stereocenters.